The van der Waals surface area contributed by atoms with Gasteiger partial charge in [0, 0.05) is 17.1 Å². The summed E-state index contributed by atoms with van der Waals surface area (Å²) >= 11 is 0. The largest absolute Gasteiger partial charge is 0.490 e. The van der Waals surface area contributed by atoms with Crippen molar-refractivity contribution in [1.82, 2.24) is 9.61 Å². The molecule has 0 aliphatic rings. The summed E-state index contributed by atoms with van der Waals surface area (Å²) in [6.07, 6.45) is 3.74. The Morgan fingerprint density at radius 2 is 1.96 bits per heavy atom. The molecule has 0 saturated carbocycles. The third kappa shape index (κ3) is 2.46. The molecule has 0 fully saturated rings. The third-order valence-corrected chi connectivity index (χ3v) is 3.87. The quantitative estimate of drug-likeness (QED) is 0.510. The molecule has 0 aliphatic heterocycles. The van der Waals surface area contributed by atoms with Crippen LogP contribution in [0.4, 0.5) is 0 Å². The van der Waals surface area contributed by atoms with E-state index in [1.54, 1.807) is 6.08 Å². The van der Waals surface area contributed by atoms with Crippen molar-refractivity contribution in [3.8, 4) is 17.0 Å². The lowest BCUT2D eigenvalue weighted by Gasteiger charge is -2.04. The van der Waals surface area contributed by atoms with Gasteiger partial charge in [-0.15, -0.1) is 0 Å². The van der Waals surface area contributed by atoms with E-state index in [-0.39, 0.29) is 0 Å². The Balaban J connectivity index is 1.83. The van der Waals surface area contributed by atoms with Gasteiger partial charge in [-0.1, -0.05) is 49.1 Å². The molecule has 0 bridgehead atoms. The van der Waals surface area contributed by atoms with Crippen molar-refractivity contribution < 1.29 is 4.74 Å². The monoisotopic (exact) mass is 300 g/mol. The van der Waals surface area contributed by atoms with Crippen LogP contribution in [-0.2, 0) is 0 Å². The number of fused-ring (bicyclic) bond motifs is 3. The van der Waals surface area contributed by atoms with Crippen molar-refractivity contribution >= 4 is 16.3 Å². The minimum Gasteiger partial charge on any atom is -0.490 e. The van der Waals surface area contributed by atoms with E-state index in [1.807, 2.05) is 35.0 Å². The summed E-state index contributed by atoms with van der Waals surface area (Å²) in [5.41, 5.74) is 3.08. The molecular weight excluding hydrogens is 284 g/mol. The first-order valence-corrected chi connectivity index (χ1v) is 7.56. The van der Waals surface area contributed by atoms with E-state index >= 15 is 0 Å². The normalized spacial score (nSPS) is 11.0. The minimum absolute atomic E-state index is 0.499. The molecule has 2 aromatic carbocycles. The van der Waals surface area contributed by atoms with Gasteiger partial charge in [0.1, 0.15) is 12.4 Å². The van der Waals surface area contributed by atoms with Gasteiger partial charge in [0.25, 0.3) is 0 Å². The number of rotatable bonds is 4. The van der Waals surface area contributed by atoms with Crippen molar-refractivity contribution in [2.45, 2.75) is 0 Å². The molecule has 0 aliphatic carbocycles. The molecule has 0 radical (unpaired) electrons. The number of ether oxygens (including phenoxy) is 1. The summed E-state index contributed by atoms with van der Waals surface area (Å²) in [6, 6.07) is 20.5. The molecule has 23 heavy (non-hydrogen) atoms. The summed E-state index contributed by atoms with van der Waals surface area (Å²) in [4.78, 5) is 0. The molecule has 0 atom stereocenters. The highest BCUT2D eigenvalue weighted by Gasteiger charge is 2.08. The van der Waals surface area contributed by atoms with E-state index in [0.717, 1.165) is 22.5 Å². The maximum absolute atomic E-state index is 5.61. The van der Waals surface area contributed by atoms with Crippen molar-refractivity contribution in [2.75, 3.05) is 6.61 Å². The predicted octanol–water partition coefficient (Wildman–Crippen LogP) is 4.72. The Morgan fingerprint density at radius 3 is 2.87 bits per heavy atom. The van der Waals surface area contributed by atoms with Gasteiger partial charge in [0.15, 0.2) is 0 Å². The highest BCUT2D eigenvalue weighted by Crippen LogP contribution is 2.27. The SMILES string of the molecule is C=CCOc1cccc(-c2cc3c4ccccc4ccn3n2)c1. The van der Waals surface area contributed by atoms with Gasteiger partial charge in [0.2, 0.25) is 0 Å². The van der Waals surface area contributed by atoms with Crippen molar-refractivity contribution in [3.63, 3.8) is 0 Å². The maximum atomic E-state index is 5.61. The average Bonchev–Trinajstić information content (AvgIpc) is 3.05. The second-order valence-electron chi connectivity index (χ2n) is 5.39. The molecule has 112 valence electrons. The fourth-order valence-corrected chi connectivity index (χ4v) is 2.78. The highest BCUT2D eigenvalue weighted by atomic mass is 16.5. The van der Waals surface area contributed by atoms with E-state index in [2.05, 4.69) is 43.0 Å². The fraction of sp³-hybridized carbons (Fsp3) is 0.0500. The van der Waals surface area contributed by atoms with Gasteiger partial charge in [-0.05, 0) is 29.7 Å². The molecule has 0 amide bonds. The molecule has 0 spiro atoms. The number of benzene rings is 2. The van der Waals surface area contributed by atoms with Crippen LogP contribution in [0, 0.1) is 0 Å². The molecule has 3 heteroatoms. The van der Waals surface area contributed by atoms with Gasteiger partial charge in [-0.25, -0.2) is 4.52 Å². The maximum Gasteiger partial charge on any atom is 0.120 e. The van der Waals surface area contributed by atoms with Crippen LogP contribution < -0.4 is 4.74 Å². The Kier molecular flexibility index (Phi) is 3.31. The van der Waals surface area contributed by atoms with E-state index in [4.69, 9.17) is 9.84 Å². The van der Waals surface area contributed by atoms with Crippen molar-refractivity contribution in [3.05, 3.63) is 79.5 Å². The van der Waals surface area contributed by atoms with Crippen LogP contribution in [-0.4, -0.2) is 16.2 Å². The second kappa shape index (κ2) is 5.61. The average molecular weight is 300 g/mol. The minimum atomic E-state index is 0.499. The Hall–Kier alpha value is -3.07. The predicted molar refractivity (Wildman–Crippen MR) is 93.8 cm³/mol. The first kappa shape index (κ1) is 13.6. The van der Waals surface area contributed by atoms with Crippen molar-refractivity contribution in [1.29, 1.82) is 0 Å². The summed E-state index contributed by atoms with van der Waals surface area (Å²) in [5, 5.41) is 7.11. The zero-order valence-corrected chi connectivity index (χ0v) is 12.6. The first-order chi connectivity index (χ1) is 11.3. The number of pyridine rings is 1. The van der Waals surface area contributed by atoms with Crippen LogP contribution in [0.15, 0.2) is 79.5 Å². The molecule has 0 saturated heterocycles. The van der Waals surface area contributed by atoms with Crippen LogP contribution >= 0.6 is 0 Å². The van der Waals surface area contributed by atoms with Gasteiger partial charge in [-0.2, -0.15) is 5.10 Å². The number of hydrogen-bond acceptors (Lipinski definition) is 2. The third-order valence-electron chi connectivity index (χ3n) is 3.87. The Labute approximate surface area is 134 Å². The molecule has 0 unspecified atom stereocenters. The summed E-state index contributed by atoms with van der Waals surface area (Å²) in [6.45, 7) is 4.17. The van der Waals surface area contributed by atoms with E-state index in [1.165, 1.54) is 10.8 Å². The van der Waals surface area contributed by atoms with Crippen LogP contribution in [0.25, 0.3) is 27.5 Å². The molecule has 4 rings (SSSR count). The van der Waals surface area contributed by atoms with Gasteiger partial charge < -0.3 is 4.74 Å². The number of aromatic nitrogens is 2. The molecule has 3 nitrogen and oxygen atoms in total. The first-order valence-electron chi connectivity index (χ1n) is 7.56. The number of hydrogen-bond donors (Lipinski definition) is 0. The molecular formula is C20H16N2O. The highest BCUT2D eigenvalue weighted by molar-refractivity contribution is 5.96. The standard InChI is InChI=1S/C20H16N2O/c1-2-12-23-17-8-5-7-16(13-17)19-14-20-18-9-4-3-6-15(18)10-11-22(20)21-19/h2-11,13-14H,1,12H2. The Morgan fingerprint density at radius 1 is 1.04 bits per heavy atom. The zero-order valence-electron chi connectivity index (χ0n) is 12.6. The summed E-state index contributed by atoms with van der Waals surface area (Å²) in [7, 11) is 0. The smallest absolute Gasteiger partial charge is 0.120 e. The lowest BCUT2D eigenvalue weighted by Crippen LogP contribution is -1.92. The molecule has 0 N–H and O–H groups in total. The van der Waals surface area contributed by atoms with Crippen LogP contribution in [0.5, 0.6) is 5.75 Å². The van der Waals surface area contributed by atoms with Crippen LogP contribution in [0.1, 0.15) is 0 Å². The van der Waals surface area contributed by atoms with Crippen molar-refractivity contribution in [2.24, 2.45) is 0 Å². The Bertz CT molecular complexity index is 1000. The molecule has 2 heterocycles. The fourth-order valence-electron chi connectivity index (χ4n) is 2.78. The van der Waals surface area contributed by atoms with Gasteiger partial charge >= 0.3 is 0 Å². The van der Waals surface area contributed by atoms with Crippen LogP contribution in [0.3, 0.4) is 0 Å². The summed E-state index contributed by atoms with van der Waals surface area (Å²) in [5.74, 6) is 0.823. The van der Waals surface area contributed by atoms with Gasteiger partial charge in [0.05, 0.1) is 11.2 Å². The summed E-state index contributed by atoms with van der Waals surface area (Å²) < 4.78 is 7.53. The van der Waals surface area contributed by atoms with Gasteiger partial charge in [-0.3, -0.25) is 0 Å². The zero-order chi connectivity index (χ0) is 15.6. The topological polar surface area (TPSA) is 26.5 Å². The van der Waals surface area contributed by atoms with Crippen LogP contribution in [0.2, 0.25) is 0 Å². The lowest BCUT2D eigenvalue weighted by atomic mass is 10.1. The molecule has 4 aromatic rings. The second-order valence-corrected chi connectivity index (χ2v) is 5.39. The lowest BCUT2D eigenvalue weighted by molar-refractivity contribution is 0.363. The van der Waals surface area contributed by atoms with E-state index in [9.17, 15) is 0 Å². The van der Waals surface area contributed by atoms with E-state index in [0.29, 0.717) is 6.61 Å². The molecule has 2 aromatic heterocycles. The number of nitrogens with zero attached hydrogens (tertiary/aromatic N) is 2. The van der Waals surface area contributed by atoms with E-state index < -0.39 is 0 Å².